The zero-order valence-electron chi connectivity index (χ0n) is 13.2. The predicted octanol–water partition coefficient (Wildman–Crippen LogP) is 0.905. The van der Waals surface area contributed by atoms with Gasteiger partial charge in [-0.25, -0.2) is 0 Å². The molecule has 0 unspecified atom stereocenters. The minimum atomic E-state index is -0.0948. The van der Waals surface area contributed by atoms with Crippen LogP contribution in [0.25, 0.3) is 0 Å². The summed E-state index contributed by atoms with van der Waals surface area (Å²) in [5.41, 5.74) is 0.555. The Morgan fingerprint density at radius 1 is 1.22 bits per heavy atom. The Kier molecular flexibility index (Phi) is 6.95. The van der Waals surface area contributed by atoms with Crippen LogP contribution in [0, 0.1) is 0 Å². The zero-order valence-corrected chi connectivity index (χ0v) is 14.0. The molecule has 128 valence electrons. The molecule has 1 aromatic carbocycles. The lowest BCUT2D eigenvalue weighted by molar-refractivity contribution is 0.0940. The second-order valence-corrected chi connectivity index (χ2v) is 5.53. The minimum Gasteiger partial charge on any atom is -0.486 e. The van der Waals surface area contributed by atoms with Gasteiger partial charge in [0.25, 0.3) is 5.91 Å². The van der Waals surface area contributed by atoms with Crippen molar-refractivity contribution < 1.29 is 14.3 Å². The van der Waals surface area contributed by atoms with Gasteiger partial charge in [0, 0.05) is 32.7 Å². The lowest BCUT2D eigenvalue weighted by Crippen LogP contribution is -2.44. The number of carbonyl (C=O) groups is 1. The van der Waals surface area contributed by atoms with E-state index in [1.54, 1.807) is 6.07 Å². The van der Waals surface area contributed by atoms with Gasteiger partial charge in [-0.15, -0.1) is 12.4 Å². The van der Waals surface area contributed by atoms with Crippen molar-refractivity contribution >= 4 is 18.3 Å². The van der Waals surface area contributed by atoms with E-state index in [0.29, 0.717) is 36.8 Å². The van der Waals surface area contributed by atoms with E-state index in [-0.39, 0.29) is 18.3 Å². The first-order valence-electron chi connectivity index (χ1n) is 7.94. The summed E-state index contributed by atoms with van der Waals surface area (Å²) in [4.78, 5) is 14.7. The van der Waals surface area contributed by atoms with E-state index in [1.807, 2.05) is 12.1 Å². The highest BCUT2D eigenvalue weighted by atomic mass is 35.5. The molecular formula is C16H24ClN3O3. The molecule has 1 fully saturated rings. The largest absolute Gasteiger partial charge is 0.486 e. The molecule has 0 aromatic heterocycles. The van der Waals surface area contributed by atoms with Gasteiger partial charge in [0.2, 0.25) is 0 Å². The fourth-order valence-corrected chi connectivity index (χ4v) is 2.79. The van der Waals surface area contributed by atoms with E-state index in [9.17, 15) is 4.79 Å². The predicted molar refractivity (Wildman–Crippen MR) is 90.9 cm³/mol. The number of hydrogen-bond donors (Lipinski definition) is 2. The monoisotopic (exact) mass is 341 g/mol. The van der Waals surface area contributed by atoms with Crippen molar-refractivity contribution in [1.82, 2.24) is 15.5 Å². The molecule has 0 atom stereocenters. The Bertz CT molecular complexity index is 521. The van der Waals surface area contributed by atoms with Gasteiger partial charge in [-0.05, 0) is 25.1 Å². The highest BCUT2D eigenvalue weighted by Crippen LogP contribution is 2.33. The third kappa shape index (κ3) is 4.73. The van der Waals surface area contributed by atoms with Crippen LogP contribution in [0.4, 0.5) is 0 Å². The van der Waals surface area contributed by atoms with E-state index >= 15 is 0 Å². The number of hydrogen-bond acceptors (Lipinski definition) is 5. The van der Waals surface area contributed by atoms with Crippen molar-refractivity contribution in [2.45, 2.75) is 6.42 Å². The van der Waals surface area contributed by atoms with Crippen LogP contribution in [-0.4, -0.2) is 63.3 Å². The van der Waals surface area contributed by atoms with Crippen molar-refractivity contribution in [2.75, 3.05) is 52.5 Å². The fraction of sp³-hybridized carbons (Fsp3) is 0.562. The molecular weight excluding hydrogens is 318 g/mol. The summed E-state index contributed by atoms with van der Waals surface area (Å²) in [6, 6.07) is 5.43. The summed E-state index contributed by atoms with van der Waals surface area (Å²) in [5, 5.41) is 6.31. The molecule has 6 nitrogen and oxygen atoms in total. The van der Waals surface area contributed by atoms with E-state index < -0.39 is 0 Å². The number of amides is 1. The fourth-order valence-electron chi connectivity index (χ4n) is 2.79. The number of benzene rings is 1. The first kappa shape index (κ1) is 17.8. The van der Waals surface area contributed by atoms with Crippen molar-refractivity contribution in [1.29, 1.82) is 0 Å². The number of nitrogens with one attached hydrogen (secondary N) is 2. The van der Waals surface area contributed by atoms with E-state index in [1.165, 1.54) is 0 Å². The molecule has 0 spiro atoms. The third-order valence-corrected chi connectivity index (χ3v) is 3.96. The Hall–Kier alpha value is -1.50. The number of fused-ring (bicyclic) bond motifs is 1. The smallest absolute Gasteiger partial charge is 0.255 e. The Labute approximate surface area is 142 Å². The van der Waals surface area contributed by atoms with Gasteiger partial charge in [0.05, 0.1) is 5.56 Å². The summed E-state index contributed by atoms with van der Waals surface area (Å²) in [6.45, 7) is 7.00. The van der Waals surface area contributed by atoms with Crippen molar-refractivity contribution in [3.8, 4) is 11.5 Å². The molecule has 2 aliphatic heterocycles. The van der Waals surface area contributed by atoms with Crippen LogP contribution in [0.3, 0.4) is 0 Å². The highest BCUT2D eigenvalue weighted by Gasteiger charge is 2.20. The zero-order chi connectivity index (χ0) is 15.2. The van der Waals surface area contributed by atoms with Crippen LogP contribution in [0.15, 0.2) is 18.2 Å². The molecule has 0 saturated carbocycles. The molecule has 23 heavy (non-hydrogen) atoms. The molecule has 2 aliphatic rings. The first-order valence-corrected chi connectivity index (χ1v) is 7.94. The number of piperazine rings is 1. The number of halogens is 1. The van der Waals surface area contributed by atoms with E-state index in [2.05, 4.69) is 15.5 Å². The maximum absolute atomic E-state index is 12.3. The van der Waals surface area contributed by atoms with Gasteiger partial charge in [0.15, 0.2) is 11.5 Å². The molecule has 0 radical (unpaired) electrons. The van der Waals surface area contributed by atoms with Gasteiger partial charge in [0.1, 0.15) is 13.2 Å². The molecule has 2 heterocycles. The van der Waals surface area contributed by atoms with Crippen LogP contribution < -0.4 is 20.1 Å². The molecule has 0 bridgehead atoms. The van der Waals surface area contributed by atoms with Crippen molar-refractivity contribution in [3.63, 3.8) is 0 Å². The second kappa shape index (κ2) is 8.96. The van der Waals surface area contributed by atoms with Gasteiger partial charge >= 0.3 is 0 Å². The minimum absolute atomic E-state index is 0. The Morgan fingerprint density at radius 3 is 2.83 bits per heavy atom. The molecule has 0 aliphatic carbocycles. The van der Waals surface area contributed by atoms with Crippen LogP contribution in [0.5, 0.6) is 11.5 Å². The first-order chi connectivity index (χ1) is 10.8. The molecule has 1 saturated heterocycles. The third-order valence-electron chi connectivity index (χ3n) is 3.96. The van der Waals surface area contributed by atoms with Crippen LogP contribution in [-0.2, 0) is 0 Å². The van der Waals surface area contributed by atoms with Crippen molar-refractivity contribution in [2.24, 2.45) is 0 Å². The summed E-state index contributed by atoms with van der Waals surface area (Å²) in [6.07, 6.45) is 0.956. The molecule has 3 rings (SSSR count). The number of ether oxygens (including phenoxy) is 2. The molecule has 2 N–H and O–H groups in total. The maximum atomic E-state index is 12.3. The summed E-state index contributed by atoms with van der Waals surface area (Å²) in [5.74, 6) is 1.12. The molecule has 1 aromatic rings. The number of para-hydroxylation sites is 1. The quantitative estimate of drug-likeness (QED) is 0.779. The summed E-state index contributed by atoms with van der Waals surface area (Å²) >= 11 is 0. The average Bonchev–Trinajstić information content (AvgIpc) is 2.59. The number of carbonyl (C=O) groups excluding carboxylic acids is 1. The Morgan fingerprint density at radius 2 is 2.00 bits per heavy atom. The molecule has 7 heteroatoms. The number of nitrogens with zero attached hydrogens (tertiary/aromatic N) is 1. The highest BCUT2D eigenvalue weighted by molar-refractivity contribution is 5.97. The van der Waals surface area contributed by atoms with Gasteiger partial charge in [-0.2, -0.15) is 0 Å². The topological polar surface area (TPSA) is 62.8 Å². The molecule has 1 amide bonds. The maximum Gasteiger partial charge on any atom is 0.255 e. The van der Waals surface area contributed by atoms with Gasteiger partial charge in [-0.3, -0.25) is 4.79 Å². The second-order valence-electron chi connectivity index (χ2n) is 5.53. The summed E-state index contributed by atoms with van der Waals surface area (Å²) < 4.78 is 11.1. The summed E-state index contributed by atoms with van der Waals surface area (Å²) in [7, 11) is 0. The van der Waals surface area contributed by atoms with E-state index in [0.717, 1.165) is 39.1 Å². The lowest BCUT2D eigenvalue weighted by atomic mass is 10.1. The lowest BCUT2D eigenvalue weighted by Gasteiger charge is -2.27. The Balaban J connectivity index is 0.00000192. The normalized spacial score (nSPS) is 17.2. The van der Waals surface area contributed by atoms with Crippen LogP contribution in [0.1, 0.15) is 16.8 Å². The van der Waals surface area contributed by atoms with Crippen LogP contribution >= 0.6 is 12.4 Å². The SMILES string of the molecule is Cl.O=C(NCCCN1CCNCC1)c1cccc2c1OCCO2. The van der Waals surface area contributed by atoms with Crippen molar-refractivity contribution in [3.05, 3.63) is 23.8 Å². The average molecular weight is 342 g/mol. The van der Waals surface area contributed by atoms with Crippen LogP contribution in [0.2, 0.25) is 0 Å². The van der Waals surface area contributed by atoms with E-state index in [4.69, 9.17) is 9.47 Å². The van der Waals surface area contributed by atoms with Gasteiger partial charge < -0.3 is 25.0 Å². The number of rotatable bonds is 5. The standard InChI is InChI=1S/C16H23N3O3.ClH/c20-16(18-5-2-8-19-9-6-17-7-10-19)13-3-1-4-14-15(13)22-12-11-21-14;/h1,3-4,17H,2,5-12H2,(H,18,20);1H. The van der Waals surface area contributed by atoms with Gasteiger partial charge in [-0.1, -0.05) is 6.07 Å².